The number of carbonyl (C=O) groups is 9. The number of carboxylic acid groups (broad SMARTS) is 2. The van der Waals surface area contributed by atoms with Crippen molar-refractivity contribution in [3.05, 3.63) is 68.1 Å². The van der Waals surface area contributed by atoms with Crippen LogP contribution in [0.1, 0.15) is 216 Å². The minimum absolute atomic E-state index is 0. The molecule has 5 rings (SSSR count). The molecule has 12 atom stereocenters. The number of hydrogen-bond acceptors (Lipinski definition) is 17. The van der Waals surface area contributed by atoms with Crippen LogP contribution in [0.5, 0.6) is 0 Å². The van der Waals surface area contributed by atoms with E-state index >= 15 is 0 Å². The fraction of sp³-hybridized carbons (Fsp3) is 0.687. The van der Waals surface area contributed by atoms with Crippen LogP contribution in [-0.4, -0.2) is 164 Å². The molecule has 2 aliphatic rings. The number of thiazole rings is 2. The van der Waals surface area contributed by atoms with E-state index in [0.717, 1.165) is 81.4 Å². The first kappa shape index (κ1) is 77.3. The second-order valence-corrected chi connectivity index (χ2v) is 27.1. The van der Waals surface area contributed by atoms with Crippen molar-refractivity contribution in [3.63, 3.8) is 0 Å². The lowest BCUT2D eigenvalue weighted by Crippen LogP contribution is -2.48. The van der Waals surface area contributed by atoms with E-state index < -0.39 is 65.8 Å². The summed E-state index contributed by atoms with van der Waals surface area (Å²) in [5.41, 5.74) is 1.00. The number of esters is 2. The Morgan fingerprint density at radius 1 is 0.640 bits per heavy atom. The van der Waals surface area contributed by atoms with Crippen molar-refractivity contribution in [2.45, 2.75) is 216 Å². The molecule has 2 aliphatic heterocycles. The van der Waals surface area contributed by atoms with Crippen molar-refractivity contribution in [1.82, 2.24) is 34.9 Å². The summed E-state index contributed by atoms with van der Waals surface area (Å²) < 4.78 is 11.3. The molecule has 0 radical (unpaired) electrons. The number of benzene rings is 1. The number of carboxylic acids is 2. The number of aromatic nitrogens is 2. The largest absolute Gasteiger partial charge is 0.481 e. The molecule has 498 valence electrons. The lowest BCUT2D eigenvalue weighted by Gasteiger charge is -2.37. The highest BCUT2D eigenvalue weighted by Gasteiger charge is 2.40. The number of carbonyl (C=O) groups excluding carboxylic acids is 7. The van der Waals surface area contributed by atoms with Crippen molar-refractivity contribution >= 4 is 75.8 Å². The summed E-state index contributed by atoms with van der Waals surface area (Å²) in [4.78, 5) is 132. The first-order valence-corrected chi connectivity index (χ1v) is 33.3. The number of nitrogens with one attached hydrogen (secondary N) is 1. The maximum Gasteiger partial charge on any atom is 0.355 e. The van der Waals surface area contributed by atoms with E-state index in [0.29, 0.717) is 16.4 Å². The highest BCUT2D eigenvalue weighted by atomic mass is 32.1. The van der Waals surface area contributed by atoms with Crippen LogP contribution >= 0.6 is 22.7 Å². The van der Waals surface area contributed by atoms with E-state index in [-0.39, 0.29) is 122 Å². The maximum absolute atomic E-state index is 14.2. The Labute approximate surface area is 537 Å². The first-order chi connectivity index (χ1) is 41.5. The Morgan fingerprint density at radius 3 is 1.42 bits per heavy atom. The summed E-state index contributed by atoms with van der Waals surface area (Å²) in [6.45, 7) is 22.1. The molecule has 3 aromatic rings. The van der Waals surface area contributed by atoms with Crippen LogP contribution < -0.4 is 5.32 Å². The smallest absolute Gasteiger partial charge is 0.355 e. The predicted octanol–water partition coefficient (Wildman–Crippen LogP) is 11.2. The summed E-state index contributed by atoms with van der Waals surface area (Å²) in [7, 11) is 7.46. The Bertz CT molecular complexity index is 2770. The minimum Gasteiger partial charge on any atom is -0.481 e. The monoisotopic (exact) mass is 1280 g/mol. The number of amides is 3. The fourth-order valence-corrected chi connectivity index (χ4v) is 13.8. The Balaban J connectivity index is 0.000000484. The molecule has 0 unspecified atom stereocenters. The van der Waals surface area contributed by atoms with Gasteiger partial charge in [-0.3, -0.25) is 48.2 Å². The van der Waals surface area contributed by atoms with Gasteiger partial charge in [0.05, 0.1) is 18.0 Å². The molecule has 2 saturated heterocycles. The van der Waals surface area contributed by atoms with Gasteiger partial charge < -0.3 is 34.8 Å². The zero-order valence-electron chi connectivity index (χ0n) is 54.8. The number of aromatic carboxylic acids is 1. The number of likely N-dealkylation sites (N-methyl/N-ethyl adjacent to an activating group) is 2. The average Bonchev–Trinajstić information content (AvgIpc) is 4.40. The number of ketones is 2. The van der Waals surface area contributed by atoms with E-state index in [1.807, 2.05) is 99.8 Å². The Morgan fingerprint density at radius 2 is 1.06 bits per heavy atom. The normalized spacial score (nSPS) is 18.8. The molecule has 2 aromatic heterocycles. The van der Waals surface area contributed by atoms with Gasteiger partial charge in [-0.15, -0.1) is 22.7 Å². The highest BCUT2D eigenvalue weighted by Crippen LogP contribution is 2.35. The molecule has 3 amide bonds. The molecular weight excluding hydrogens is 1170 g/mol. The van der Waals surface area contributed by atoms with Crippen LogP contribution in [0.15, 0.2) is 41.1 Å². The van der Waals surface area contributed by atoms with Crippen LogP contribution in [0.4, 0.5) is 0 Å². The Kier molecular flexibility index (Phi) is 32.5. The predicted molar refractivity (Wildman–Crippen MR) is 347 cm³/mol. The van der Waals surface area contributed by atoms with E-state index in [1.165, 1.54) is 30.6 Å². The van der Waals surface area contributed by atoms with Crippen molar-refractivity contribution in [1.29, 1.82) is 0 Å². The van der Waals surface area contributed by atoms with Crippen molar-refractivity contribution in [2.75, 3.05) is 41.3 Å². The molecule has 0 saturated carbocycles. The topological polar surface area (TPSA) is 263 Å². The lowest BCUT2D eigenvalue weighted by atomic mass is 9.83. The van der Waals surface area contributed by atoms with Gasteiger partial charge in [0.25, 0.3) is 5.91 Å². The van der Waals surface area contributed by atoms with Gasteiger partial charge in [0.15, 0.2) is 29.5 Å². The van der Waals surface area contributed by atoms with Gasteiger partial charge in [0.2, 0.25) is 11.8 Å². The molecule has 2 fully saturated rings. The molecule has 22 heteroatoms. The second-order valence-electron chi connectivity index (χ2n) is 25.3. The molecule has 0 spiro atoms. The van der Waals surface area contributed by atoms with E-state index in [2.05, 4.69) is 25.1 Å². The van der Waals surface area contributed by atoms with Gasteiger partial charge >= 0.3 is 23.9 Å². The summed E-state index contributed by atoms with van der Waals surface area (Å²) in [6, 6.07) is 8.13. The molecule has 89 heavy (non-hydrogen) atoms. The van der Waals surface area contributed by atoms with Crippen LogP contribution in [0.3, 0.4) is 0 Å². The minimum atomic E-state index is -1.15. The van der Waals surface area contributed by atoms with Crippen LogP contribution in [0, 0.1) is 41.4 Å². The number of aliphatic carboxylic acids is 1. The quantitative estimate of drug-likeness (QED) is 0.0491. The third-order valence-corrected chi connectivity index (χ3v) is 19.8. The molecule has 1 aromatic carbocycles. The van der Waals surface area contributed by atoms with E-state index in [4.69, 9.17) is 9.47 Å². The van der Waals surface area contributed by atoms with Crippen molar-refractivity contribution in [3.8, 4) is 0 Å². The SMILES string of the molecule is C.CC[C@H](C)[C@H](CC(=O)[C@H]1CCCCN1C)C(=O)N(C)[C@H](C[C@@H](OC(C)=O)c1nc(C(=O)N[C@@H](Cc2ccccc2)C[C@H](C)C(=O)O)cs1)C(C)C.CC[C@H](C)[C@H](CC(=O)[C@H]1CCCCN1C)C(=O)N(C)[C@H](C[C@@H](OC(C)=O)c1nc(C(=O)O)cs1)C(C)C. The zero-order chi connectivity index (χ0) is 65.7. The fourth-order valence-electron chi connectivity index (χ4n) is 12.1. The van der Waals surface area contributed by atoms with E-state index in [9.17, 15) is 53.4 Å². The summed E-state index contributed by atoms with van der Waals surface area (Å²) in [5.74, 6) is -5.07. The van der Waals surface area contributed by atoms with Gasteiger partial charge in [-0.25, -0.2) is 14.8 Å². The molecule has 0 bridgehead atoms. The summed E-state index contributed by atoms with van der Waals surface area (Å²) in [5, 5.41) is 25.6. The molecule has 0 aliphatic carbocycles. The van der Waals surface area contributed by atoms with E-state index in [1.54, 1.807) is 36.2 Å². The van der Waals surface area contributed by atoms with Crippen LogP contribution in [0.25, 0.3) is 0 Å². The number of rotatable bonds is 32. The summed E-state index contributed by atoms with van der Waals surface area (Å²) in [6.07, 6.45) is 7.39. The van der Waals surface area contributed by atoms with Gasteiger partial charge in [-0.05, 0) is 94.9 Å². The Hall–Kier alpha value is -5.97. The maximum atomic E-state index is 14.2. The zero-order valence-corrected chi connectivity index (χ0v) is 56.5. The van der Waals surface area contributed by atoms with Gasteiger partial charge in [0, 0.05) is 94.3 Å². The molecule has 3 N–H and O–H groups in total. The van der Waals surface area contributed by atoms with Crippen molar-refractivity contribution < 1.29 is 62.8 Å². The third-order valence-electron chi connectivity index (χ3n) is 17.9. The van der Waals surface area contributed by atoms with Crippen molar-refractivity contribution in [2.24, 2.45) is 41.4 Å². The average molecular weight is 1280 g/mol. The number of likely N-dealkylation sites (tertiary alicyclic amines) is 2. The number of nitrogens with zero attached hydrogens (tertiary/aromatic N) is 6. The van der Waals surface area contributed by atoms with Crippen LogP contribution in [-0.2, 0) is 49.5 Å². The lowest BCUT2D eigenvalue weighted by molar-refractivity contribution is -0.150. The second kappa shape index (κ2) is 37.4. The first-order valence-electron chi connectivity index (χ1n) is 31.5. The highest BCUT2D eigenvalue weighted by molar-refractivity contribution is 7.10. The number of ether oxygens (including phenoxy) is 2. The van der Waals surface area contributed by atoms with Gasteiger partial charge in [-0.2, -0.15) is 0 Å². The van der Waals surface area contributed by atoms with Gasteiger partial charge in [0.1, 0.15) is 15.7 Å². The number of Topliss-reactive ketones (excluding diaryl/α,β-unsaturated/α-hetero) is 2. The molecule has 4 heterocycles. The number of hydrogen-bond donors (Lipinski definition) is 3. The molecular formula is C67H105N7O13S2. The standard InChI is InChI=1S/C39H58N4O7S.C27H43N3O6S.CH4/c1-9-25(4)30(21-34(45)32-17-13-14-18-42(32)7)38(47)43(8)33(24(2)3)22-35(50-27(6)44)37-41-31(23-51-37)36(46)40-29(19-26(5)39(48)49)20-28-15-11-10-12-16-28;1-8-17(4)19(13-23(32)21-11-9-10-12-29(21)6)26(33)30(7)22(16(2)3)14-24(36-18(5)31)25-28-20(15-37-25)27(34)35;/h10-12,15-16,23-26,29-30,32-33,35H,9,13-14,17-22H2,1-8H3,(H,40,46)(H,48,49);15-17,19,21-22,24H,8-14H2,1-7H3,(H,34,35);1H4/t25-,26-,29+,30-,32+,33+,35+;17-,19-,21+,22+,24+;/m00./s1. The third kappa shape index (κ3) is 23.3. The molecule has 20 nitrogen and oxygen atoms in total. The number of piperidine rings is 2. The van der Waals surface area contributed by atoms with Crippen LogP contribution in [0.2, 0.25) is 0 Å². The summed E-state index contributed by atoms with van der Waals surface area (Å²) >= 11 is 2.31. The van der Waals surface area contributed by atoms with Gasteiger partial charge in [-0.1, -0.05) is 126 Å².